The van der Waals surface area contributed by atoms with E-state index < -0.39 is 0 Å². The van der Waals surface area contributed by atoms with Gasteiger partial charge in [0, 0.05) is 15.6 Å². The van der Waals surface area contributed by atoms with Crippen LogP contribution in [0, 0.1) is 6.92 Å². The van der Waals surface area contributed by atoms with Crippen LogP contribution >= 0.6 is 22.9 Å². The Bertz CT molecular complexity index is 479. The molecule has 2 rings (SSSR count). The van der Waals surface area contributed by atoms with E-state index in [0.29, 0.717) is 6.04 Å². The van der Waals surface area contributed by atoms with E-state index >= 15 is 0 Å². The molecule has 0 fully saturated rings. The zero-order valence-electron chi connectivity index (χ0n) is 10.0. The predicted octanol–water partition coefficient (Wildman–Crippen LogP) is 5.27. The monoisotopic (exact) mass is 265 g/mol. The van der Waals surface area contributed by atoms with Crippen molar-refractivity contribution in [3.63, 3.8) is 0 Å². The van der Waals surface area contributed by atoms with Crippen molar-refractivity contribution in [3.05, 3.63) is 51.2 Å². The summed E-state index contributed by atoms with van der Waals surface area (Å²) in [7, 11) is 0. The van der Waals surface area contributed by atoms with Gasteiger partial charge < -0.3 is 5.32 Å². The fourth-order valence-electron chi connectivity index (χ4n) is 1.75. The lowest BCUT2D eigenvalue weighted by molar-refractivity contribution is 0.764. The van der Waals surface area contributed by atoms with Gasteiger partial charge in [-0.15, -0.1) is 11.3 Å². The standard InChI is InChI=1S/C14H16ClNS/c1-3-13(14-5-4-8-17-14)16-11-7-6-10(2)12(15)9-11/h4-9,13,16H,3H2,1-2H3. The SMILES string of the molecule is CCC(Nc1ccc(C)c(Cl)c1)c1cccs1. The topological polar surface area (TPSA) is 12.0 Å². The second kappa shape index (κ2) is 5.56. The van der Waals surface area contributed by atoms with Crippen molar-refractivity contribution in [2.45, 2.75) is 26.3 Å². The third-order valence-electron chi connectivity index (χ3n) is 2.81. The summed E-state index contributed by atoms with van der Waals surface area (Å²) in [4.78, 5) is 1.36. The fourth-order valence-corrected chi connectivity index (χ4v) is 2.79. The number of hydrogen-bond donors (Lipinski definition) is 1. The normalized spacial score (nSPS) is 12.4. The number of aryl methyl sites for hydroxylation is 1. The van der Waals surface area contributed by atoms with Crippen LogP contribution < -0.4 is 5.32 Å². The number of thiophene rings is 1. The van der Waals surface area contributed by atoms with Crippen LogP contribution in [0.2, 0.25) is 5.02 Å². The molecule has 2 aromatic rings. The first-order valence-corrected chi connectivity index (χ1v) is 7.02. The van der Waals surface area contributed by atoms with E-state index in [1.807, 2.05) is 19.1 Å². The highest BCUT2D eigenvalue weighted by molar-refractivity contribution is 7.10. The molecule has 1 aromatic carbocycles. The van der Waals surface area contributed by atoms with Crippen molar-refractivity contribution in [2.75, 3.05) is 5.32 Å². The molecule has 1 unspecified atom stereocenters. The van der Waals surface area contributed by atoms with Gasteiger partial charge in [0.05, 0.1) is 6.04 Å². The Labute approximate surface area is 111 Å². The Balaban J connectivity index is 2.16. The third-order valence-corrected chi connectivity index (χ3v) is 4.20. The van der Waals surface area contributed by atoms with E-state index in [4.69, 9.17) is 11.6 Å². The molecule has 0 aliphatic heterocycles. The highest BCUT2D eigenvalue weighted by Gasteiger charge is 2.10. The second-order valence-electron chi connectivity index (χ2n) is 4.08. The van der Waals surface area contributed by atoms with Gasteiger partial charge in [0.25, 0.3) is 0 Å². The van der Waals surface area contributed by atoms with E-state index in [1.54, 1.807) is 11.3 Å². The van der Waals surface area contributed by atoms with Crippen LogP contribution in [0.4, 0.5) is 5.69 Å². The van der Waals surface area contributed by atoms with Gasteiger partial charge in [-0.1, -0.05) is 30.7 Å². The van der Waals surface area contributed by atoms with Crippen molar-refractivity contribution < 1.29 is 0 Å². The molecule has 90 valence electrons. The van der Waals surface area contributed by atoms with Crippen LogP contribution in [0.15, 0.2) is 35.7 Å². The molecule has 1 heterocycles. The van der Waals surface area contributed by atoms with Crippen LogP contribution in [0.3, 0.4) is 0 Å². The zero-order chi connectivity index (χ0) is 12.3. The molecule has 0 aliphatic rings. The maximum Gasteiger partial charge on any atom is 0.0604 e. The predicted molar refractivity (Wildman–Crippen MR) is 77.2 cm³/mol. The molecule has 1 nitrogen and oxygen atoms in total. The molecule has 0 bridgehead atoms. The van der Waals surface area contributed by atoms with Crippen LogP contribution in [0.5, 0.6) is 0 Å². The van der Waals surface area contributed by atoms with Gasteiger partial charge in [0.15, 0.2) is 0 Å². The molecule has 0 saturated heterocycles. The summed E-state index contributed by atoms with van der Waals surface area (Å²) in [6.07, 6.45) is 1.06. The van der Waals surface area contributed by atoms with E-state index in [1.165, 1.54) is 4.88 Å². The Morgan fingerprint density at radius 1 is 1.35 bits per heavy atom. The molecule has 1 atom stereocenters. The molecule has 0 amide bonds. The minimum absolute atomic E-state index is 0.369. The maximum absolute atomic E-state index is 6.13. The smallest absolute Gasteiger partial charge is 0.0604 e. The Morgan fingerprint density at radius 3 is 2.76 bits per heavy atom. The number of rotatable bonds is 4. The average Bonchev–Trinajstić information content (AvgIpc) is 2.84. The summed E-state index contributed by atoms with van der Waals surface area (Å²) in [5, 5.41) is 6.45. The van der Waals surface area contributed by atoms with Gasteiger partial charge in [0.2, 0.25) is 0 Å². The molecular weight excluding hydrogens is 250 g/mol. The molecule has 1 aromatic heterocycles. The Morgan fingerprint density at radius 2 is 2.18 bits per heavy atom. The molecule has 1 N–H and O–H groups in total. The molecule has 0 radical (unpaired) electrons. The lowest BCUT2D eigenvalue weighted by Crippen LogP contribution is -2.07. The summed E-state index contributed by atoms with van der Waals surface area (Å²) in [5.41, 5.74) is 2.20. The van der Waals surface area contributed by atoms with Crippen molar-refractivity contribution in [3.8, 4) is 0 Å². The van der Waals surface area contributed by atoms with E-state index in [-0.39, 0.29) is 0 Å². The summed E-state index contributed by atoms with van der Waals surface area (Å²) < 4.78 is 0. The maximum atomic E-state index is 6.13. The number of anilines is 1. The van der Waals surface area contributed by atoms with Gasteiger partial charge >= 0.3 is 0 Å². The molecule has 0 saturated carbocycles. The molecule has 3 heteroatoms. The van der Waals surface area contributed by atoms with Gasteiger partial charge in [-0.3, -0.25) is 0 Å². The molecular formula is C14H16ClNS. The zero-order valence-corrected chi connectivity index (χ0v) is 11.6. The van der Waals surface area contributed by atoms with E-state index in [0.717, 1.165) is 22.7 Å². The minimum atomic E-state index is 0.369. The van der Waals surface area contributed by atoms with Crippen molar-refractivity contribution >= 4 is 28.6 Å². The lowest BCUT2D eigenvalue weighted by Gasteiger charge is -2.17. The molecule has 0 aliphatic carbocycles. The van der Waals surface area contributed by atoms with Crippen molar-refractivity contribution in [2.24, 2.45) is 0 Å². The highest BCUT2D eigenvalue weighted by atomic mass is 35.5. The second-order valence-corrected chi connectivity index (χ2v) is 5.47. The number of hydrogen-bond acceptors (Lipinski definition) is 2. The van der Waals surface area contributed by atoms with Crippen molar-refractivity contribution in [1.29, 1.82) is 0 Å². The van der Waals surface area contributed by atoms with E-state index in [9.17, 15) is 0 Å². The number of halogens is 1. The van der Waals surface area contributed by atoms with Crippen LogP contribution in [0.1, 0.15) is 29.8 Å². The summed E-state index contributed by atoms with van der Waals surface area (Å²) in [5.74, 6) is 0. The minimum Gasteiger partial charge on any atom is -0.377 e. The fraction of sp³-hybridized carbons (Fsp3) is 0.286. The Kier molecular flexibility index (Phi) is 4.08. The first kappa shape index (κ1) is 12.5. The number of benzene rings is 1. The quantitative estimate of drug-likeness (QED) is 0.794. The average molecular weight is 266 g/mol. The summed E-state index contributed by atoms with van der Waals surface area (Å²) in [6.45, 7) is 4.20. The first-order chi connectivity index (χ1) is 8.20. The van der Waals surface area contributed by atoms with Crippen LogP contribution in [-0.4, -0.2) is 0 Å². The van der Waals surface area contributed by atoms with Gasteiger partial charge in [-0.2, -0.15) is 0 Å². The largest absolute Gasteiger partial charge is 0.377 e. The first-order valence-electron chi connectivity index (χ1n) is 5.76. The molecule has 0 spiro atoms. The van der Waals surface area contributed by atoms with Gasteiger partial charge in [-0.25, -0.2) is 0 Å². The van der Waals surface area contributed by atoms with Gasteiger partial charge in [0.1, 0.15) is 0 Å². The van der Waals surface area contributed by atoms with Gasteiger partial charge in [-0.05, 0) is 42.5 Å². The van der Waals surface area contributed by atoms with Crippen LogP contribution in [-0.2, 0) is 0 Å². The summed E-state index contributed by atoms with van der Waals surface area (Å²) >= 11 is 7.91. The Hall–Kier alpha value is -0.990. The molecule has 17 heavy (non-hydrogen) atoms. The van der Waals surface area contributed by atoms with Crippen molar-refractivity contribution in [1.82, 2.24) is 0 Å². The lowest BCUT2D eigenvalue weighted by atomic mass is 10.1. The summed E-state index contributed by atoms with van der Waals surface area (Å²) in [6, 6.07) is 10.7. The number of nitrogens with one attached hydrogen (secondary N) is 1. The van der Waals surface area contributed by atoms with Crippen LogP contribution in [0.25, 0.3) is 0 Å². The highest BCUT2D eigenvalue weighted by Crippen LogP contribution is 2.28. The van der Waals surface area contributed by atoms with E-state index in [2.05, 4.69) is 35.8 Å². The third kappa shape index (κ3) is 3.02.